The molecule has 0 aliphatic carbocycles. The first kappa shape index (κ1) is 22.3. The van der Waals surface area contributed by atoms with Crippen LogP contribution in [0, 0.1) is 0 Å². The highest BCUT2D eigenvalue weighted by atomic mass is 36.0. The predicted molar refractivity (Wildman–Crippen MR) is 124 cm³/mol. The van der Waals surface area contributed by atoms with Gasteiger partial charge in [-0.2, -0.15) is 0 Å². The molecule has 1 aliphatic rings. The van der Waals surface area contributed by atoms with Gasteiger partial charge in [-0.15, -0.1) is 11.3 Å². The maximum absolute atomic E-state index is 12.4. The number of hydrogen-bond acceptors (Lipinski definition) is 4. The van der Waals surface area contributed by atoms with Gasteiger partial charge in [-0.3, -0.25) is 9.36 Å². The molecule has 1 aromatic heterocycles. The Morgan fingerprint density at radius 1 is 1.07 bits per heavy atom. The van der Waals surface area contributed by atoms with Crippen LogP contribution in [0.4, 0.5) is 5.69 Å². The number of halogens is 3. The standard InChI is InChI=1S/C20H18N2OS.Cl3OP/c1-13(2)22-18-10-6-9-15(16(18)11-19(22)23)20-21-17(12-24-20)14-7-4-3-5-8-14;1-5(2,3)4/h3-10,12-13H,11H2,1-2H3;. The van der Waals surface area contributed by atoms with Crippen molar-refractivity contribution in [3.8, 4) is 21.8 Å². The van der Waals surface area contributed by atoms with Gasteiger partial charge in [-0.1, -0.05) is 42.5 Å². The van der Waals surface area contributed by atoms with Crippen molar-refractivity contribution in [2.45, 2.75) is 26.3 Å². The highest BCUT2D eigenvalue weighted by molar-refractivity contribution is 8.24. The van der Waals surface area contributed by atoms with Gasteiger partial charge in [0.25, 0.3) is 0 Å². The molecule has 0 saturated carbocycles. The normalized spacial score (nSPS) is 13.3. The molecule has 0 N–H and O–H groups in total. The number of anilines is 1. The van der Waals surface area contributed by atoms with Crippen LogP contribution in [0.15, 0.2) is 53.9 Å². The topological polar surface area (TPSA) is 50.3 Å². The zero-order chi connectivity index (χ0) is 21.2. The maximum Gasteiger partial charge on any atom is 0.339 e. The minimum absolute atomic E-state index is 0.171. The van der Waals surface area contributed by atoms with Crippen LogP contribution in [0.5, 0.6) is 0 Å². The Hall–Kier alpha value is -1.36. The molecule has 4 nitrogen and oxygen atoms in total. The summed E-state index contributed by atoms with van der Waals surface area (Å²) < 4.78 is 9.51. The number of amides is 1. The fourth-order valence-electron chi connectivity index (χ4n) is 3.26. The molecule has 3 aromatic rings. The van der Waals surface area contributed by atoms with E-state index in [9.17, 15) is 9.36 Å². The number of carbonyl (C=O) groups is 1. The molecule has 4 rings (SSSR count). The molecule has 1 aliphatic heterocycles. The van der Waals surface area contributed by atoms with Crippen molar-refractivity contribution in [2.75, 3.05) is 4.90 Å². The summed E-state index contributed by atoms with van der Waals surface area (Å²) in [6.45, 7) is 4.10. The van der Waals surface area contributed by atoms with E-state index in [1.807, 2.05) is 35.2 Å². The van der Waals surface area contributed by atoms with E-state index < -0.39 is 5.20 Å². The van der Waals surface area contributed by atoms with E-state index in [1.54, 1.807) is 11.3 Å². The molecular weight excluding hydrogens is 470 g/mol. The summed E-state index contributed by atoms with van der Waals surface area (Å²) in [5.41, 5.74) is 5.32. The van der Waals surface area contributed by atoms with Gasteiger partial charge in [0.1, 0.15) is 5.01 Å². The van der Waals surface area contributed by atoms with Crippen LogP contribution >= 0.6 is 50.3 Å². The largest absolute Gasteiger partial charge is 0.339 e. The average molecular weight is 488 g/mol. The van der Waals surface area contributed by atoms with Crippen LogP contribution in [0.25, 0.3) is 21.8 Å². The molecule has 1 amide bonds. The quantitative estimate of drug-likeness (QED) is 0.358. The smallest absolute Gasteiger partial charge is 0.309 e. The molecule has 0 spiro atoms. The molecule has 0 saturated heterocycles. The van der Waals surface area contributed by atoms with Crippen LogP contribution in [-0.4, -0.2) is 16.9 Å². The number of carbonyl (C=O) groups excluding carboxylic acids is 1. The molecule has 0 radical (unpaired) electrons. The number of hydrogen-bond donors (Lipinski definition) is 0. The van der Waals surface area contributed by atoms with Gasteiger partial charge in [-0.05, 0) is 59.2 Å². The van der Waals surface area contributed by atoms with E-state index in [-0.39, 0.29) is 11.9 Å². The SMILES string of the molecule is CC(C)N1C(=O)Cc2c(-c3nc(-c4ccccc4)cs3)cccc21.O=P(Cl)(Cl)Cl. The van der Waals surface area contributed by atoms with E-state index in [1.165, 1.54) is 0 Å². The molecule has 9 heteroatoms. The van der Waals surface area contributed by atoms with Crippen LogP contribution in [0.2, 0.25) is 0 Å². The summed E-state index contributed by atoms with van der Waals surface area (Å²) >= 11 is 15.5. The number of thiazole rings is 1. The van der Waals surface area contributed by atoms with Crippen LogP contribution in [0.3, 0.4) is 0 Å². The molecular formula is C20H18Cl3N2O2PS. The minimum atomic E-state index is -3.22. The summed E-state index contributed by atoms with van der Waals surface area (Å²) in [5, 5.41) is -0.162. The van der Waals surface area contributed by atoms with Crippen molar-refractivity contribution >= 4 is 61.9 Å². The van der Waals surface area contributed by atoms with Crippen molar-refractivity contribution in [2.24, 2.45) is 0 Å². The lowest BCUT2D eigenvalue weighted by atomic mass is 10.1. The second kappa shape index (κ2) is 9.20. The van der Waals surface area contributed by atoms with Gasteiger partial charge >= 0.3 is 5.20 Å². The van der Waals surface area contributed by atoms with Crippen molar-refractivity contribution in [3.63, 3.8) is 0 Å². The van der Waals surface area contributed by atoms with Gasteiger partial charge in [0.15, 0.2) is 0 Å². The molecule has 0 atom stereocenters. The summed E-state index contributed by atoms with van der Waals surface area (Å²) in [6.07, 6.45) is 0.462. The van der Waals surface area contributed by atoms with Crippen molar-refractivity contribution in [3.05, 3.63) is 59.5 Å². The molecule has 0 bridgehead atoms. The number of fused-ring (bicyclic) bond motifs is 1. The summed E-state index contributed by atoms with van der Waals surface area (Å²) in [6, 6.07) is 16.5. The second-order valence-electron chi connectivity index (χ2n) is 6.64. The molecule has 2 aromatic carbocycles. The Morgan fingerprint density at radius 3 is 2.34 bits per heavy atom. The first-order valence-corrected chi connectivity index (χ1v) is 14.1. The van der Waals surface area contributed by atoms with E-state index in [4.69, 9.17) is 4.98 Å². The third-order valence-electron chi connectivity index (χ3n) is 4.33. The third kappa shape index (κ3) is 5.62. The highest BCUT2D eigenvalue weighted by Crippen LogP contribution is 2.61. The Balaban J connectivity index is 0.000000431. The van der Waals surface area contributed by atoms with E-state index in [0.29, 0.717) is 6.42 Å². The average Bonchev–Trinajstić information content (AvgIpc) is 3.24. The van der Waals surface area contributed by atoms with Crippen molar-refractivity contribution < 1.29 is 9.36 Å². The summed E-state index contributed by atoms with van der Waals surface area (Å²) in [5.74, 6) is 0.173. The maximum atomic E-state index is 12.4. The Kier molecular flexibility index (Phi) is 7.08. The first-order chi connectivity index (χ1) is 13.6. The van der Waals surface area contributed by atoms with Gasteiger partial charge in [-0.25, -0.2) is 4.98 Å². The number of benzene rings is 2. The zero-order valence-corrected chi connectivity index (χ0v) is 19.7. The molecule has 0 unspecified atom stereocenters. The zero-order valence-electron chi connectivity index (χ0n) is 15.7. The van der Waals surface area contributed by atoms with Gasteiger partial charge < -0.3 is 4.90 Å². The first-order valence-electron chi connectivity index (χ1n) is 8.79. The lowest BCUT2D eigenvalue weighted by molar-refractivity contribution is -0.117. The van der Waals surface area contributed by atoms with E-state index in [0.717, 1.165) is 33.1 Å². The fraction of sp³-hybridized carbons (Fsp3) is 0.200. The van der Waals surface area contributed by atoms with Gasteiger partial charge in [0, 0.05) is 28.2 Å². The number of rotatable bonds is 3. The second-order valence-corrected chi connectivity index (χ2v) is 14.1. The van der Waals surface area contributed by atoms with Crippen LogP contribution < -0.4 is 4.90 Å². The van der Waals surface area contributed by atoms with Gasteiger partial charge in [0.2, 0.25) is 5.91 Å². The van der Waals surface area contributed by atoms with E-state index in [2.05, 4.69) is 71.1 Å². The van der Waals surface area contributed by atoms with Crippen LogP contribution in [0.1, 0.15) is 19.4 Å². The monoisotopic (exact) mass is 486 g/mol. The molecule has 29 heavy (non-hydrogen) atoms. The number of nitrogens with zero attached hydrogens (tertiary/aromatic N) is 2. The fourth-order valence-corrected chi connectivity index (χ4v) is 4.14. The highest BCUT2D eigenvalue weighted by Gasteiger charge is 2.31. The Bertz CT molecular complexity index is 1060. The van der Waals surface area contributed by atoms with Crippen molar-refractivity contribution in [1.29, 1.82) is 0 Å². The molecule has 0 fully saturated rings. The third-order valence-corrected chi connectivity index (χ3v) is 5.20. The Morgan fingerprint density at radius 2 is 1.72 bits per heavy atom. The van der Waals surface area contributed by atoms with Gasteiger partial charge in [0.05, 0.1) is 12.1 Å². The van der Waals surface area contributed by atoms with Crippen LogP contribution in [-0.2, 0) is 15.8 Å². The number of aromatic nitrogens is 1. The summed E-state index contributed by atoms with van der Waals surface area (Å²) in [4.78, 5) is 19.1. The molecule has 152 valence electrons. The van der Waals surface area contributed by atoms with E-state index >= 15 is 0 Å². The lowest BCUT2D eigenvalue weighted by Gasteiger charge is -2.22. The summed E-state index contributed by atoms with van der Waals surface area (Å²) in [7, 11) is 0. The lowest BCUT2D eigenvalue weighted by Crippen LogP contribution is -2.33. The minimum Gasteiger partial charge on any atom is -0.309 e. The Labute approximate surface area is 188 Å². The molecule has 2 heterocycles. The van der Waals surface area contributed by atoms with Crippen molar-refractivity contribution in [1.82, 2.24) is 4.98 Å². The predicted octanol–water partition coefficient (Wildman–Crippen LogP) is 7.59.